The van der Waals surface area contributed by atoms with Gasteiger partial charge in [-0.25, -0.2) is 0 Å². The monoisotopic (exact) mass is 492 g/mol. The van der Waals surface area contributed by atoms with Crippen LogP contribution in [0, 0.1) is 0 Å². The van der Waals surface area contributed by atoms with Crippen LogP contribution in [0.1, 0.15) is 0 Å². The van der Waals surface area contributed by atoms with Crippen LogP contribution in [-0.2, 0) is 0 Å². The average Bonchev–Trinajstić information content (AvgIpc) is 3.55. The van der Waals surface area contributed by atoms with Crippen LogP contribution >= 0.6 is 0 Å². The molecule has 4 heteroatoms. The summed E-state index contributed by atoms with van der Waals surface area (Å²) in [4.78, 5) is 7.35. The maximum absolute atomic E-state index is 6.33. The van der Waals surface area contributed by atoms with E-state index in [-0.39, 0.29) is 0 Å². The number of para-hydroxylation sites is 2. The largest absolute Gasteiger partial charge is 0.495 e. The Morgan fingerprint density at radius 2 is 0.763 bits per heavy atom. The van der Waals surface area contributed by atoms with Crippen LogP contribution in [0.4, 0.5) is 0 Å². The summed E-state index contributed by atoms with van der Waals surface area (Å²) >= 11 is 0. The Morgan fingerprint density at radius 3 is 1.16 bits per heavy atom. The number of fused-ring (bicyclic) bond motifs is 10. The van der Waals surface area contributed by atoms with Crippen molar-refractivity contribution in [2.75, 3.05) is 14.2 Å². The van der Waals surface area contributed by atoms with E-state index in [0.29, 0.717) is 0 Å². The fourth-order valence-corrected chi connectivity index (χ4v) is 6.40. The van der Waals surface area contributed by atoms with Gasteiger partial charge < -0.3 is 19.4 Å². The molecule has 2 aromatic heterocycles. The second-order valence-electron chi connectivity index (χ2n) is 9.75. The smallest absolute Gasteiger partial charge is 0.137 e. The first-order valence-electron chi connectivity index (χ1n) is 12.8. The van der Waals surface area contributed by atoms with Crippen LogP contribution in [0.3, 0.4) is 0 Å². The number of benzene rings is 6. The SMILES string of the molecule is COc1c(-c2c(OC)c3c4ccccc4[nH]c3c3ccccc23)c2ccccc2c2[nH]c3ccccc3c12. The normalized spacial score (nSPS) is 11.9. The molecule has 0 saturated carbocycles. The molecule has 0 aliphatic rings. The minimum atomic E-state index is 0.846. The van der Waals surface area contributed by atoms with Crippen LogP contribution in [0.15, 0.2) is 97.1 Å². The zero-order valence-electron chi connectivity index (χ0n) is 21.1. The van der Waals surface area contributed by atoms with Crippen LogP contribution < -0.4 is 9.47 Å². The highest BCUT2D eigenvalue weighted by Crippen LogP contribution is 2.53. The van der Waals surface area contributed by atoms with Crippen molar-refractivity contribution < 1.29 is 9.47 Å². The Balaban J connectivity index is 1.69. The van der Waals surface area contributed by atoms with Crippen LogP contribution in [-0.4, -0.2) is 24.2 Å². The third kappa shape index (κ3) is 2.64. The Morgan fingerprint density at radius 1 is 0.421 bits per heavy atom. The molecule has 0 fully saturated rings. The summed E-state index contributed by atoms with van der Waals surface area (Å²) in [6.07, 6.45) is 0. The van der Waals surface area contributed by atoms with Gasteiger partial charge in [0.15, 0.2) is 0 Å². The number of ether oxygens (including phenoxy) is 2. The lowest BCUT2D eigenvalue weighted by molar-refractivity contribution is 0.416. The van der Waals surface area contributed by atoms with Gasteiger partial charge in [-0.1, -0.05) is 84.9 Å². The van der Waals surface area contributed by atoms with E-state index in [1.165, 1.54) is 0 Å². The Hall–Kier alpha value is -4.96. The second-order valence-corrected chi connectivity index (χ2v) is 9.75. The van der Waals surface area contributed by atoms with Crippen molar-refractivity contribution >= 4 is 65.2 Å². The van der Waals surface area contributed by atoms with Crippen molar-refractivity contribution in [3.8, 4) is 22.6 Å². The Bertz CT molecular complexity index is 2060. The summed E-state index contributed by atoms with van der Waals surface area (Å²) in [7, 11) is 3.54. The van der Waals surface area contributed by atoms with E-state index >= 15 is 0 Å². The lowest BCUT2D eigenvalue weighted by Gasteiger charge is -2.20. The van der Waals surface area contributed by atoms with E-state index < -0.39 is 0 Å². The maximum atomic E-state index is 6.33. The molecule has 0 saturated heterocycles. The van der Waals surface area contributed by atoms with Gasteiger partial charge in [0.05, 0.1) is 36.0 Å². The van der Waals surface area contributed by atoms with E-state index in [2.05, 4.69) is 107 Å². The lowest BCUT2D eigenvalue weighted by atomic mass is 9.88. The predicted octanol–water partition coefficient (Wildman–Crippen LogP) is 8.95. The molecule has 0 aliphatic heterocycles. The first-order chi connectivity index (χ1) is 18.8. The number of hydrogen-bond acceptors (Lipinski definition) is 2. The molecule has 0 bridgehead atoms. The molecular weight excluding hydrogens is 468 g/mol. The summed E-state index contributed by atoms with van der Waals surface area (Å²) < 4.78 is 12.7. The van der Waals surface area contributed by atoms with Crippen molar-refractivity contribution in [1.82, 2.24) is 9.97 Å². The fourth-order valence-electron chi connectivity index (χ4n) is 6.40. The number of methoxy groups -OCH3 is 2. The molecule has 0 spiro atoms. The van der Waals surface area contributed by atoms with Crippen molar-refractivity contribution in [2.45, 2.75) is 0 Å². The van der Waals surface area contributed by atoms with Gasteiger partial charge in [-0.15, -0.1) is 0 Å². The van der Waals surface area contributed by atoms with E-state index in [0.717, 1.165) is 87.8 Å². The third-order valence-corrected chi connectivity index (χ3v) is 7.91. The van der Waals surface area contributed by atoms with E-state index in [9.17, 15) is 0 Å². The van der Waals surface area contributed by atoms with Crippen LogP contribution in [0.2, 0.25) is 0 Å². The standard InChI is InChI=1S/C34H24N2O2/c1-37-33-27(19-11-3-5-13-21(19)31-29(33)23-15-7-9-17-25(23)35-31)28-20-12-4-6-14-22(20)32-30(34(28)38-2)24-16-8-10-18-26(24)36-32/h3-18,35-36H,1-2H3. The number of rotatable bonds is 3. The van der Waals surface area contributed by atoms with Gasteiger partial charge in [0.2, 0.25) is 0 Å². The molecule has 0 aliphatic carbocycles. The van der Waals surface area contributed by atoms with Crippen molar-refractivity contribution in [1.29, 1.82) is 0 Å². The number of aromatic nitrogens is 2. The van der Waals surface area contributed by atoms with Gasteiger partial charge in [-0.3, -0.25) is 0 Å². The number of aromatic amines is 2. The topological polar surface area (TPSA) is 50.0 Å². The fraction of sp³-hybridized carbons (Fsp3) is 0.0588. The molecule has 4 nitrogen and oxygen atoms in total. The molecule has 0 radical (unpaired) electrons. The highest BCUT2D eigenvalue weighted by atomic mass is 16.5. The summed E-state index contributed by atoms with van der Waals surface area (Å²) in [5.74, 6) is 1.69. The molecule has 182 valence electrons. The van der Waals surface area contributed by atoms with Gasteiger partial charge >= 0.3 is 0 Å². The molecule has 2 N–H and O–H groups in total. The summed E-state index contributed by atoms with van der Waals surface area (Å²) in [5.41, 5.74) is 6.43. The molecule has 6 aromatic carbocycles. The summed E-state index contributed by atoms with van der Waals surface area (Å²) in [5, 5.41) is 8.99. The molecule has 38 heavy (non-hydrogen) atoms. The Kier molecular flexibility index (Phi) is 4.32. The highest BCUT2D eigenvalue weighted by Gasteiger charge is 2.26. The number of H-pyrrole nitrogens is 2. The third-order valence-electron chi connectivity index (χ3n) is 7.91. The predicted molar refractivity (Wildman–Crippen MR) is 159 cm³/mol. The molecular formula is C34H24N2O2. The van der Waals surface area contributed by atoms with Gasteiger partial charge in [0, 0.05) is 43.7 Å². The first kappa shape index (κ1) is 21.2. The Labute approximate surface area is 218 Å². The molecule has 8 rings (SSSR count). The minimum Gasteiger partial charge on any atom is -0.495 e. The molecule has 0 unspecified atom stereocenters. The zero-order valence-corrected chi connectivity index (χ0v) is 21.1. The second kappa shape index (κ2) is 7.77. The minimum absolute atomic E-state index is 0.846. The van der Waals surface area contributed by atoms with Crippen molar-refractivity contribution in [3.63, 3.8) is 0 Å². The molecule has 8 aromatic rings. The van der Waals surface area contributed by atoms with Gasteiger partial charge in [-0.05, 0) is 22.9 Å². The molecule has 0 amide bonds. The number of nitrogens with one attached hydrogen (secondary N) is 2. The summed E-state index contributed by atoms with van der Waals surface area (Å²) in [6.45, 7) is 0. The first-order valence-corrected chi connectivity index (χ1v) is 12.8. The van der Waals surface area contributed by atoms with E-state index in [1.807, 2.05) is 0 Å². The zero-order chi connectivity index (χ0) is 25.4. The van der Waals surface area contributed by atoms with Gasteiger partial charge in [0.25, 0.3) is 0 Å². The van der Waals surface area contributed by atoms with Crippen molar-refractivity contribution in [3.05, 3.63) is 97.1 Å². The van der Waals surface area contributed by atoms with E-state index in [4.69, 9.17) is 9.47 Å². The maximum Gasteiger partial charge on any atom is 0.137 e. The average molecular weight is 493 g/mol. The van der Waals surface area contributed by atoms with Gasteiger partial charge in [-0.2, -0.15) is 0 Å². The summed E-state index contributed by atoms with van der Waals surface area (Å²) in [6, 6.07) is 34.0. The van der Waals surface area contributed by atoms with Crippen LogP contribution in [0.25, 0.3) is 76.3 Å². The van der Waals surface area contributed by atoms with Gasteiger partial charge in [0.1, 0.15) is 11.5 Å². The van der Waals surface area contributed by atoms with Crippen LogP contribution in [0.5, 0.6) is 11.5 Å². The van der Waals surface area contributed by atoms with Crippen molar-refractivity contribution in [2.24, 2.45) is 0 Å². The lowest BCUT2D eigenvalue weighted by Crippen LogP contribution is -1.97. The quantitative estimate of drug-likeness (QED) is 0.259. The molecule has 0 atom stereocenters. The molecule has 2 heterocycles. The highest BCUT2D eigenvalue weighted by molar-refractivity contribution is 6.30. The number of hydrogen-bond donors (Lipinski definition) is 2. The van der Waals surface area contributed by atoms with E-state index in [1.54, 1.807) is 14.2 Å².